The average molecular weight is 236 g/mol. The first kappa shape index (κ1) is 13.0. The van der Waals surface area contributed by atoms with Crippen molar-refractivity contribution in [3.63, 3.8) is 0 Å². The van der Waals surface area contributed by atoms with Crippen LogP contribution in [0.1, 0.15) is 25.8 Å². The molecule has 0 aliphatic carbocycles. The number of phenols is 1. The average Bonchev–Trinajstić information content (AvgIpc) is 2.33. The second-order valence-corrected chi connectivity index (χ2v) is 3.31. The number of rotatable bonds is 5. The molecule has 0 saturated heterocycles. The summed E-state index contributed by atoms with van der Waals surface area (Å²) in [7, 11) is 0. The predicted octanol–water partition coefficient (Wildman–Crippen LogP) is 1.65. The van der Waals surface area contributed by atoms with Gasteiger partial charge in [-0.3, -0.25) is 4.79 Å². The summed E-state index contributed by atoms with van der Waals surface area (Å²) < 4.78 is 5.23. The molecule has 2 N–H and O–H groups in total. The molecule has 0 heterocycles. The van der Waals surface area contributed by atoms with Gasteiger partial charge >= 0.3 is 0 Å². The molecular weight excluding hydrogens is 220 g/mol. The molecule has 0 aliphatic heterocycles. The number of phenolic OH excluding ortho intramolecular Hbond substituents is 1. The first-order chi connectivity index (χ1) is 8.17. The van der Waals surface area contributed by atoms with Crippen LogP contribution in [0.2, 0.25) is 0 Å². The highest BCUT2D eigenvalue weighted by atomic mass is 16.5. The number of carbonyl (C=O) groups excluding carboxylic acids is 1. The summed E-state index contributed by atoms with van der Waals surface area (Å²) in [6, 6.07) is 4.86. The lowest BCUT2D eigenvalue weighted by Crippen LogP contribution is -2.15. The lowest BCUT2D eigenvalue weighted by molar-refractivity contribution is -0.120. The fourth-order valence-electron chi connectivity index (χ4n) is 1.14. The van der Waals surface area contributed by atoms with Gasteiger partial charge in [0, 0.05) is 6.42 Å². The minimum absolute atomic E-state index is 0.0848. The third kappa shape index (κ3) is 4.14. The van der Waals surface area contributed by atoms with E-state index in [2.05, 4.69) is 10.5 Å². The fraction of sp³-hybridized carbons (Fsp3) is 0.333. The topological polar surface area (TPSA) is 70.9 Å². The van der Waals surface area contributed by atoms with Gasteiger partial charge in [0.25, 0.3) is 0 Å². The van der Waals surface area contributed by atoms with E-state index in [0.717, 1.165) is 5.56 Å². The number of nitrogens with zero attached hydrogens (tertiary/aromatic N) is 1. The standard InChI is InChI=1S/C12H16N2O3/c1-3-12(16)14-13-8-9-5-6-10(15)11(7-9)17-4-2/h5-8,15H,3-4H2,1-2H3,(H,14,16)/b13-8+. The van der Waals surface area contributed by atoms with Gasteiger partial charge < -0.3 is 9.84 Å². The second kappa shape index (κ2) is 6.52. The van der Waals surface area contributed by atoms with Gasteiger partial charge in [0.1, 0.15) is 0 Å². The van der Waals surface area contributed by atoms with Crippen molar-refractivity contribution in [2.24, 2.45) is 5.10 Å². The Hall–Kier alpha value is -2.04. The van der Waals surface area contributed by atoms with Crippen LogP contribution in [0, 0.1) is 0 Å². The first-order valence-corrected chi connectivity index (χ1v) is 5.45. The van der Waals surface area contributed by atoms with E-state index in [1.807, 2.05) is 6.92 Å². The molecule has 0 bridgehead atoms. The molecule has 1 aromatic carbocycles. The maximum Gasteiger partial charge on any atom is 0.239 e. The van der Waals surface area contributed by atoms with E-state index in [0.29, 0.717) is 18.8 Å². The normalized spacial score (nSPS) is 10.5. The molecule has 1 amide bonds. The Morgan fingerprint density at radius 3 is 2.94 bits per heavy atom. The van der Waals surface area contributed by atoms with Crippen molar-refractivity contribution >= 4 is 12.1 Å². The molecule has 0 aliphatic rings. The Balaban J connectivity index is 2.71. The van der Waals surface area contributed by atoms with Gasteiger partial charge in [0.05, 0.1) is 12.8 Å². The van der Waals surface area contributed by atoms with Crippen LogP contribution < -0.4 is 10.2 Å². The van der Waals surface area contributed by atoms with Crippen LogP contribution >= 0.6 is 0 Å². The van der Waals surface area contributed by atoms with Crippen LogP contribution in [0.15, 0.2) is 23.3 Å². The number of hydrogen-bond acceptors (Lipinski definition) is 4. The summed E-state index contributed by atoms with van der Waals surface area (Å²) in [5.41, 5.74) is 3.11. The van der Waals surface area contributed by atoms with Crippen molar-refractivity contribution in [2.75, 3.05) is 6.61 Å². The number of nitrogens with one attached hydrogen (secondary N) is 1. The number of hydrazone groups is 1. The highest BCUT2D eigenvalue weighted by Gasteiger charge is 2.01. The van der Waals surface area contributed by atoms with E-state index >= 15 is 0 Å². The monoisotopic (exact) mass is 236 g/mol. The molecule has 5 nitrogen and oxygen atoms in total. The van der Waals surface area contributed by atoms with Gasteiger partial charge in [-0.25, -0.2) is 5.43 Å². The third-order valence-electron chi connectivity index (χ3n) is 2.01. The molecule has 1 aromatic rings. The van der Waals surface area contributed by atoms with E-state index in [1.54, 1.807) is 19.1 Å². The molecule has 17 heavy (non-hydrogen) atoms. The molecule has 5 heteroatoms. The zero-order chi connectivity index (χ0) is 12.7. The lowest BCUT2D eigenvalue weighted by Gasteiger charge is -2.05. The van der Waals surface area contributed by atoms with Crippen LogP contribution in [0.5, 0.6) is 11.5 Å². The summed E-state index contributed by atoms with van der Waals surface area (Å²) in [5.74, 6) is 0.338. The summed E-state index contributed by atoms with van der Waals surface area (Å²) in [6.07, 6.45) is 1.88. The van der Waals surface area contributed by atoms with E-state index in [-0.39, 0.29) is 11.7 Å². The molecule has 1 rings (SSSR count). The third-order valence-corrected chi connectivity index (χ3v) is 2.01. The molecule has 0 fully saturated rings. The van der Waals surface area contributed by atoms with Crippen molar-refractivity contribution in [1.29, 1.82) is 0 Å². The number of ether oxygens (including phenoxy) is 1. The van der Waals surface area contributed by atoms with Crippen LogP contribution in [-0.4, -0.2) is 23.8 Å². The van der Waals surface area contributed by atoms with Crippen molar-refractivity contribution in [3.8, 4) is 11.5 Å². The minimum atomic E-state index is -0.148. The Bertz CT molecular complexity index is 416. The highest BCUT2D eigenvalue weighted by molar-refractivity contribution is 5.83. The minimum Gasteiger partial charge on any atom is -0.504 e. The molecule has 92 valence electrons. The van der Waals surface area contributed by atoms with Gasteiger partial charge in [-0.2, -0.15) is 5.10 Å². The zero-order valence-electron chi connectivity index (χ0n) is 9.93. The summed E-state index contributed by atoms with van der Waals surface area (Å²) in [4.78, 5) is 10.9. The van der Waals surface area contributed by atoms with E-state index in [4.69, 9.17) is 4.74 Å². The summed E-state index contributed by atoms with van der Waals surface area (Å²) in [5, 5.41) is 13.3. The first-order valence-electron chi connectivity index (χ1n) is 5.45. The van der Waals surface area contributed by atoms with Crippen LogP contribution in [-0.2, 0) is 4.79 Å². The fourth-order valence-corrected chi connectivity index (χ4v) is 1.14. The number of aromatic hydroxyl groups is 1. The smallest absolute Gasteiger partial charge is 0.239 e. The summed E-state index contributed by atoms with van der Waals surface area (Å²) in [6.45, 7) is 4.06. The van der Waals surface area contributed by atoms with E-state index in [1.165, 1.54) is 12.3 Å². The highest BCUT2D eigenvalue weighted by Crippen LogP contribution is 2.25. The van der Waals surface area contributed by atoms with Crippen molar-refractivity contribution in [1.82, 2.24) is 5.43 Å². The zero-order valence-corrected chi connectivity index (χ0v) is 9.93. The van der Waals surface area contributed by atoms with Crippen LogP contribution in [0.4, 0.5) is 0 Å². The number of carbonyl (C=O) groups is 1. The van der Waals surface area contributed by atoms with E-state index < -0.39 is 0 Å². The maximum atomic E-state index is 10.9. The Morgan fingerprint density at radius 2 is 2.29 bits per heavy atom. The van der Waals surface area contributed by atoms with Crippen molar-refractivity contribution < 1.29 is 14.6 Å². The second-order valence-electron chi connectivity index (χ2n) is 3.31. The number of amides is 1. The largest absolute Gasteiger partial charge is 0.504 e. The molecule has 0 aromatic heterocycles. The number of benzene rings is 1. The maximum absolute atomic E-state index is 10.9. The van der Waals surface area contributed by atoms with Crippen molar-refractivity contribution in [3.05, 3.63) is 23.8 Å². The van der Waals surface area contributed by atoms with Gasteiger partial charge in [-0.1, -0.05) is 6.92 Å². The van der Waals surface area contributed by atoms with Gasteiger partial charge in [-0.15, -0.1) is 0 Å². The molecule has 0 saturated carbocycles. The Kier molecular flexibility index (Phi) is 5.00. The molecular formula is C12H16N2O3. The van der Waals surface area contributed by atoms with E-state index in [9.17, 15) is 9.90 Å². The molecule has 0 spiro atoms. The van der Waals surface area contributed by atoms with Crippen LogP contribution in [0.3, 0.4) is 0 Å². The lowest BCUT2D eigenvalue weighted by atomic mass is 10.2. The number of hydrogen-bond donors (Lipinski definition) is 2. The quantitative estimate of drug-likeness (QED) is 0.603. The summed E-state index contributed by atoms with van der Waals surface area (Å²) >= 11 is 0. The predicted molar refractivity (Wildman–Crippen MR) is 65.3 cm³/mol. The SMILES string of the molecule is CCOc1cc(/C=N/NC(=O)CC)ccc1O. The van der Waals surface area contributed by atoms with Crippen LogP contribution in [0.25, 0.3) is 0 Å². The molecule has 0 unspecified atom stereocenters. The Morgan fingerprint density at radius 1 is 1.53 bits per heavy atom. The molecule has 0 radical (unpaired) electrons. The van der Waals surface area contributed by atoms with Gasteiger partial charge in [-0.05, 0) is 30.7 Å². The van der Waals surface area contributed by atoms with Gasteiger partial charge in [0.2, 0.25) is 5.91 Å². The van der Waals surface area contributed by atoms with Crippen molar-refractivity contribution in [2.45, 2.75) is 20.3 Å². The molecule has 0 atom stereocenters. The Labute approximate surface area is 100 Å². The van der Waals surface area contributed by atoms with Gasteiger partial charge in [0.15, 0.2) is 11.5 Å².